The summed E-state index contributed by atoms with van der Waals surface area (Å²) in [5, 5.41) is 3.24. The van der Waals surface area contributed by atoms with Crippen LogP contribution in [0.15, 0.2) is 58.1 Å². The van der Waals surface area contributed by atoms with Gasteiger partial charge in [-0.2, -0.15) is 0 Å². The topological polar surface area (TPSA) is 82.3 Å². The second kappa shape index (κ2) is 8.67. The molecule has 146 valence electrons. The number of amides is 1. The number of para-hydroxylation sites is 2. The molecule has 0 atom stereocenters. The zero-order valence-electron chi connectivity index (χ0n) is 16.0. The van der Waals surface area contributed by atoms with Crippen molar-refractivity contribution in [3.8, 4) is 0 Å². The molecule has 3 rings (SSSR count). The van der Waals surface area contributed by atoms with Crippen LogP contribution in [0.5, 0.6) is 0 Å². The predicted molar refractivity (Wildman–Crippen MR) is 109 cm³/mol. The molecule has 3 aromatic rings. The highest BCUT2D eigenvalue weighted by Crippen LogP contribution is 2.13. The maximum atomic E-state index is 13.0. The zero-order chi connectivity index (χ0) is 20.1. The SMILES string of the molecule is COCCCn1c(=O)c2ccccc2n(CC(=O)Nc2ccccc2C)c1=O. The quantitative estimate of drug-likeness (QED) is 0.636. The van der Waals surface area contributed by atoms with Gasteiger partial charge in [0.25, 0.3) is 5.56 Å². The normalized spacial score (nSPS) is 10.9. The van der Waals surface area contributed by atoms with Crippen molar-refractivity contribution < 1.29 is 9.53 Å². The number of carbonyl (C=O) groups is 1. The minimum absolute atomic E-state index is 0.182. The van der Waals surface area contributed by atoms with E-state index in [1.54, 1.807) is 37.4 Å². The lowest BCUT2D eigenvalue weighted by Gasteiger charge is -2.14. The van der Waals surface area contributed by atoms with Crippen LogP contribution in [0.3, 0.4) is 0 Å². The molecule has 0 aliphatic rings. The van der Waals surface area contributed by atoms with Gasteiger partial charge in [0.05, 0.1) is 10.9 Å². The monoisotopic (exact) mass is 381 g/mol. The molecule has 0 spiro atoms. The Labute approximate surface area is 162 Å². The average molecular weight is 381 g/mol. The summed E-state index contributed by atoms with van der Waals surface area (Å²) in [4.78, 5) is 38.3. The van der Waals surface area contributed by atoms with Crippen LogP contribution in [0.25, 0.3) is 10.9 Å². The number of hydrogen-bond donors (Lipinski definition) is 1. The van der Waals surface area contributed by atoms with Crippen molar-refractivity contribution in [2.75, 3.05) is 19.0 Å². The summed E-state index contributed by atoms with van der Waals surface area (Å²) in [5.41, 5.74) is 1.21. The Morgan fingerprint density at radius 1 is 1.04 bits per heavy atom. The third kappa shape index (κ3) is 4.04. The first-order chi connectivity index (χ1) is 13.5. The van der Waals surface area contributed by atoms with Gasteiger partial charge >= 0.3 is 5.69 Å². The maximum absolute atomic E-state index is 13.0. The molecule has 0 saturated heterocycles. The molecule has 1 aromatic heterocycles. The highest BCUT2D eigenvalue weighted by atomic mass is 16.5. The van der Waals surface area contributed by atoms with E-state index in [9.17, 15) is 14.4 Å². The fourth-order valence-corrected chi connectivity index (χ4v) is 3.13. The van der Waals surface area contributed by atoms with E-state index in [0.717, 1.165) is 5.56 Å². The predicted octanol–water partition coefficient (Wildman–Crippen LogP) is 2.15. The number of nitrogens with one attached hydrogen (secondary N) is 1. The Bertz CT molecular complexity index is 1110. The Hall–Kier alpha value is -3.19. The molecule has 0 saturated carbocycles. The van der Waals surface area contributed by atoms with Gasteiger partial charge in [0.2, 0.25) is 5.91 Å². The van der Waals surface area contributed by atoms with Crippen LogP contribution >= 0.6 is 0 Å². The van der Waals surface area contributed by atoms with E-state index in [0.29, 0.717) is 29.6 Å². The van der Waals surface area contributed by atoms with Crippen LogP contribution in [-0.2, 0) is 22.6 Å². The number of rotatable bonds is 7. The smallest absolute Gasteiger partial charge is 0.331 e. The number of anilines is 1. The number of aryl methyl sites for hydroxylation is 1. The maximum Gasteiger partial charge on any atom is 0.331 e. The number of hydrogen-bond acceptors (Lipinski definition) is 4. The van der Waals surface area contributed by atoms with Gasteiger partial charge in [-0.3, -0.25) is 18.7 Å². The number of methoxy groups -OCH3 is 1. The summed E-state index contributed by atoms with van der Waals surface area (Å²) in [6.45, 7) is 2.38. The van der Waals surface area contributed by atoms with Crippen molar-refractivity contribution in [3.05, 3.63) is 74.9 Å². The first kappa shape index (κ1) is 19.6. The number of benzene rings is 2. The zero-order valence-corrected chi connectivity index (χ0v) is 16.0. The standard InChI is InChI=1S/C21H23N3O4/c1-15-8-3-5-10-17(15)22-19(25)14-24-18-11-6-4-9-16(18)20(26)23(21(24)27)12-7-13-28-2/h3-6,8-11H,7,12-14H2,1-2H3,(H,22,25). The summed E-state index contributed by atoms with van der Waals surface area (Å²) in [6.07, 6.45) is 0.527. The van der Waals surface area contributed by atoms with Crippen molar-refractivity contribution in [1.82, 2.24) is 9.13 Å². The number of fused-ring (bicyclic) bond motifs is 1. The molecule has 2 aromatic carbocycles. The molecule has 7 heteroatoms. The molecular weight excluding hydrogens is 358 g/mol. The number of ether oxygens (including phenoxy) is 1. The Morgan fingerprint density at radius 3 is 2.50 bits per heavy atom. The molecular formula is C21H23N3O4. The molecule has 28 heavy (non-hydrogen) atoms. The van der Waals surface area contributed by atoms with Gasteiger partial charge in [0.15, 0.2) is 0 Å². The summed E-state index contributed by atoms with van der Waals surface area (Å²) in [6, 6.07) is 14.3. The van der Waals surface area contributed by atoms with Gasteiger partial charge in [0.1, 0.15) is 6.54 Å². The van der Waals surface area contributed by atoms with Crippen molar-refractivity contribution in [2.45, 2.75) is 26.4 Å². The number of aromatic nitrogens is 2. The molecule has 1 amide bonds. The molecule has 0 bridgehead atoms. The molecule has 0 unspecified atom stereocenters. The number of carbonyl (C=O) groups excluding carboxylic acids is 1. The lowest BCUT2D eigenvalue weighted by atomic mass is 10.2. The van der Waals surface area contributed by atoms with Crippen LogP contribution in [0, 0.1) is 6.92 Å². The third-order valence-corrected chi connectivity index (χ3v) is 4.58. The van der Waals surface area contributed by atoms with Crippen LogP contribution < -0.4 is 16.6 Å². The lowest BCUT2D eigenvalue weighted by molar-refractivity contribution is -0.116. The Morgan fingerprint density at radius 2 is 1.75 bits per heavy atom. The van der Waals surface area contributed by atoms with Crippen LogP contribution in [0.2, 0.25) is 0 Å². The van der Waals surface area contributed by atoms with Gasteiger partial charge in [-0.05, 0) is 37.1 Å². The first-order valence-electron chi connectivity index (χ1n) is 9.09. The van der Waals surface area contributed by atoms with Crippen molar-refractivity contribution in [3.63, 3.8) is 0 Å². The van der Waals surface area contributed by atoms with Crippen molar-refractivity contribution in [1.29, 1.82) is 0 Å². The summed E-state index contributed by atoms with van der Waals surface area (Å²) in [5.74, 6) is -0.330. The van der Waals surface area contributed by atoms with E-state index < -0.39 is 5.69 Å². The fourth-order valence-electron chi connectivity index (χ4n) is 3.13. The molecule has 0 radical (unpaired) electrons. The third-order valence-electron chi connectivity index (χ3n) is 4.58. The minimum Gasteiger partial charge on any atom is -0.385 e. The van der Waals surface area contributed by atoms with Crippen LogP contribution in [0.1, 0.15) is 12.0 Å². The van der Waals surface area contributed by atoms with Gasteiger partial charge in [-0.1, -0.05) is 30.3 Å². The van der Waals surface area contributed by atoms with Crippen molar-refractivity contribution in [2.24, 2.45) is 0 Å². The van der Waals surface area contributed by atoms with E-state index in [2.05, 4.69) is 5.32 Å². The van der Waals surface area contributed by atoms with Crippen LogP contribution in [-0.4, -0.2) is 28.8 Å². The van der Waals surface area contributed by atoms with E-state index in [1.165, 1.54) is 9.13 Å². The molecule has 0 aliphatic carbocycles. The van der Waals surface area contributed by atoms with E-state index in [-0.39, 0.29) is 24.6 Å². The Balaban J connectivity index is 1.99. The van der Waals surface area contributed by atoms with E-state index in [1.807, 2.05) is 25.1 Å². The summed E-state index contributed by atoms with van der Waals surface area (Å²) >= 11 is 0. The minimum atomic E-state index is -0.500. The first-order valence-corrected chi connectivity index (χ1v) is 9.09. The highest BCUT2D eigenvalue weighted by molar-refractivity contribution is 5.92. The Kier molecular flexibility index (Phi) is 6.06. The average Bonchev–Trinajstić information content (AvgIpc) is 2.69. The van der Waals surface area contributed by atoms with Gasteiger partial charge in [-0.15, -0.1) is 0 Å². The molecule has 7 nitrogen and oxygen atoms in total. The van der Waals surface area contributed by atoms with Gasteiger partial charge in [-0.25, -0.2) is 4.79 Å². The number of nitrogens with zero attached hydrogens (tertiary/aromatic N) is 2. The lowest BCUT2D eigenvalue weighted by Crippen LogP contribution is -2.42. The highest BCUT2D eigenvalue weighted by Gasteiger charge is 2.15. The molecule has 0 fully saturated rings. The summed E-state index contributed by atoms with van der Waals surface area (Å²) < 4.78 is 7.53. The van der Waals surface area contributed by atoms with E-state index in [4.69, 9.17) is 4.74 Å². The van der Waals surface area contributed by atoms with Crippen LogP contribution in [0.4, 0.5) is 5.69 Å². The fraction of sp³-hybridized carbons (Fsp3) is 0.286. The summed E-state index contributed by atoms with van der Waals surface area (Å²) in [7, 11) is 1.57. The van der Waals surface area contributed by atoms with E-state index >= 15 is 0 Å². The second-order valence-electron chi connectivity index (χ2n) is 6.55. The molecule has 0 aliphatic heterocycles. The molecule has 1 heterocycles. The van der Waals surface area contributed by atoms with Gasteiger partial charge in [0, 0.05) is 25.9 Å². The second-order valence-corrected chi connectivity index (χ2v) is 6.55. The van der Waals surface area contributed by atoms with Crippen molar-refractivity contribution >= 4 is 22.5 Å². The largest absolute Gasteiger partial charge is 0.385 e. The van der Waals surface area contributed by atoms with Gasteiger partial charge < -0.3 is 10.1 Å². The molecule has 1 N–H and O–H groups in total.